The van der Waals surface area contributed by atoms with Crippen molar-refractivity contribution in [1.82, 2.24) is 15.5 Å². The number of nitrogens with zero attached hydrogens (tertiary/aromatic N) is 3. The van der Waals surface area contributed by atoms with Crippen LogP contribution in [-0.4, -0.2) is 54.6 Å². The van der Waals surface area contributed by atoms with Gasteiger partial charge >= 0.3 is 6.18 Å². The molecule has 0 radical (unpaired) electrons. The third-order valence-electron chi connectivity index (χ3n) is 5.26. The van der Waals surface area contributed by atoms with Gasteiger partial charge in [-0.3, -0.25) is 4.79 Å². The summed E-state index contributed by atoms with van der Waals surface area (Å²) < 4.78 is 48.7. The average Bonchev–Trinajstić information content (AvgIpc) is 2.81. The van der Waals surface area contributed by atoms with Crippen molar-refractivity contribution in [2.45, 2.75) is 45.5 Å². The fourth-order valence-electron chi connectivity index (χ4n) is 3.62. The van der Waals surface area contributed by atoms with Crippen LogP contribution in [0.4, 0.5) is 19.0 Å². The number of phenols is 1. The number of nitrogens with one attached hydrogen (secondary N) is 2. The minimum absolute atomic E-state index is 0.0669. The number of piperidine rings is 1. The quantitative estimate of drug-likeness (QED) is 0.494. The number of carbonyl (C=O) groups excluding carboxylic acids is 1. The van der Waals surface area contributed by atoms with Gasteiger partial charge in [-0.2, -0.15) is 18.4 Å². The molecular formula is C23H28F3N5O4. The normalized spacial score (nSPS) is 15.4. The number of anilines is 1. The Labute approximate surface area is 201 Å². The van der Waals surface area contributed by atoms with Crippen molar-refractivity contribution in [2.24, 2.45) is 0 Å². The average molecular weight is 496 g/mol. The lowest BCUT2D eigenvalue weighted by atomic mass is 9.96. The Bertz CT molecular complexity index is 1050. The maximum absolute atomic E-state index is 13.2. The van der Waals surface area contributed by atoms with Crippen LogP contribution >= 0.6 is 0 Å². The summed E-state index contributed by atoms with van der Waals surface area (Å²) in [5.41, 5.74) is -0.0536. The number of phenolic OH excluding ortho intramolecular Hbond substituents is 1. The van der Waals surface area contributed by atoms with Crippen LogP contribution in [0, 0.1) is 18.3 Å². The third-order valence-corrected chi connectivity index (χ3v) is 5.26. The van der Waals surface area contributed by atoms with Crippen molar-refractivity contribution in [1.29, 1.82) is 5.26 Å². The summed E-state index contributed by atoms with van der Waals surface area (Å²) >= 11 is 0. The van der Waals surface area contributed by atoms with Gasteiger partial charge in [-0.15, -0.1) is 10.2 Å². The molecular weight excluding hydrogens is 467 g/mol. The van der Waals surface area contributed by atoms with Gasteiger partial charge in [0.2, 0.25) is 0 Å². The molecule has 190 valence electrons. The number of halogens is 3. The maximum Gasteiger partial charge on any atom is 0.416 e. The van der Waals surface area contributed by atoms with Crippen LogP contribution in [-0.2, 0) is 27.1 Å². The van der Waals surface area contributed by atoms with Crippen molar-refractivity contribution in [3.8, 4) is 23.1 Å². The molecule has 1 atom stereocenters. The maximum atomic E-state index is 13.2. The molecule has 0 bridgehead atoms. The Morgan fingerprint density at radius 3 is 2.63 bits per heavy atom. The Hall–Kier alpha value is -3.43. The van der Waals surface area contributed by atoms with Crippen molar-refractivity contribution >= 4 is 12.3 Å². The summed E-state index contributed by atoms with van der Waals surface area (Å²) in [6.45, 7) is 5.77. The molecule has 1 aromatic carbocycles. The van der Waals surface area contributed by atoms with E-state index in [9.17, 15) is 28.3 Å². The molecule has 1 saturated heterocycles. The number of alkyl halides is 3. The van der Waals surface area contributed by atoms with Gasteiger partial charge in [0, 0.05) is 25.3 Å². The predicted octanol–water partition coefficient (Wildman–Crippen LogP) is 3.54. The van der Waals surface area contributed by atoms with E-state index in [0.29, 0.717) is 30.5 Å². The Kier molecular flexibility index (Phi) is 10.2. The number of carbonyl (C=O) groups is 1. The van der Waals surface area contributed by atoms with E-state index in [-0.39, 0.29) is 35.0 Å². The van der Waals surface area contributed by atoms with Crippen LogP contribution in [0.3, 0.4) is 0 Å². The summed E-state index contributed by atoms with van der Waals surface area (Å²) in [5.74, 6) is -0.289. The second-order valence-corrected chi connectivity index (χ2v) is 7.71. The van der Waals surface area contributed by atoms with E-state index in [1.54, 1.807) is 13.8 Å². The number of methoxy groups -OCH3 is 1. The highest BCUT2D eigenvalue weighted by Gasteiger charge is 2.33. The standard InChI is InChI=1S/C20H22F3N5O2.C3H6O2/c1-11-15(8-24)19(26-14-4-3-5-25-9-14)28-27-18(11)17-12(10-30-2)6-13(7-16(17)29)20(21,22)23;1-2-5-3-4/h6-7,14,25,29H,3-5,9-10H2,1-2H3,(H,26,28);3H,2H2,1H3. The van der Waals surface area contributed by atoms with Crippen LogP contribution in [0.2, 0.25) is 0 Å². The Balaban J connectivity index is 0.000000784. The lowest BCUT2D eigenvalue weighted by molar-refractivity contribution is -0.137. The molecule has 2 aromatic rings. The van der Waals surface area contributed by atoms with Crippen molar-refractivity contribution in [3.63, 3.8) is 0 Å². The molecule has 12 heteroatoms. The molecule has 3 N–H and O–H groups in total. The number of ether oxygens (including phenoxy) is 2. The minimum atomic E-state index is -4.63. The molecule has 35 heavy (non-hydrogen) atoms. The fourth-order valence-corrected chi connectivity index (χ4v) is 3.62. The number of benzene rings is 1. The number of nitriles is 1. The molecule has 1 aliphatic heterocycles. The summed E-state index contributed by atoms with van der Waals surface area (Å²) in [4.78, 5) is 9.18. The first-order valence-electron chi connectivity index (χ1n) is 10.9. The zero-order valence-electron chi connectivity index (χ0n) is 19.7. The molecule has 3 rings (SSSR count). The molecule has 0 spiro atoms. The summed E-state index contributed by atoms with van der Waals surface area (Å²) in [6.07, 6.45) is -2.72. The first-order valence-corrected chi connectivity index (χ1v) is 10.9. The van der Waals surface area contributed by atoms with Crippen molar-refractivity contribution < 1.29 is 32.5 Å². The van der Waals surface area contributed by atoms with E-state index in [4.69, 9.17) is 4.74 Å². The lowest BCUT2D eigenvalue weighted by Gasteiger charge is -2.25. The van der Waals surface area contributed by atoms with Crippen LogP contribution in [0.1, 0.15) is 42.0 Å². The monoisotopic (exact) mass is 495 g/mol. The molecule has 9 nitrogen and oxygen atoms in total. The molecule has 1 aromatic heterocycles. The number of rotatable bonds is 7. The molecule has 1 aliphatic rings. The SMILES string of the molecule is CCOC=O.COCc1cc(C(F)(F)F)cc(O)c1-c1nnc(NC2CCCNC2)c(C#N)c1C. The Morgan fingerprint density at radius 2 is 2.11 bits per heavy atom. The van der Waals surface area contributed by atoms with E-state index >= 15 is 0 Å². The molecule has 1 unspecified atom stereocenters. The molecule has 0 saturated carbocycles. The van der Waals surface area contributed by atoms with E-state index in [1.165, 1.54) is 7.11 Å². The highest BCUT2D eigenvalue weighted by atomic mass is 19.4. The fraction of sp³-hybridized carbons (Fsp3) is 0.478. The van der Waals surface area contributed by atoms with Crippen LogP contribution in [0.15, 0.2) is 12.1 Å². The van der Waals surface area contributed by atoms with E-state index in [0.717, 1.165) is 32.0 Å². The first-order chi connectivity index (χ1) is 16.7. The summed E-state index contributed by atoms with van der Waals surface area (Å²) in [7, 11) is 1.34. The number of aromatic nitrogens is 2. The number of hydrogen-bond acceptors (Lipinski definition) is 9. The van der Waals surface area contributed by atoms with Gasteiger partial charge in [0.05, 0.1) is 18.8 Å². The topological polar surface area (TPSA) is 129 Å². The van der Waals surface area contributed by atoms with Crippen LogP contribution in [0.25, 0.3) is 11.3 Å². The molecule has 0 aliphatic carbocycles. The van der Waals surface area contributed by atoms with E-state index in [1.807, 2.05) is 0 Å². The van der Waals surface area contributed by atoms with Gasteiger partial charge in [-0.25, -0.2) is 0 Å². The highest BCUT2D eigenvalue weighted by molar-refractivity contribution is 5.77. The van der Waals surface area contributed by atoms with Gasteiger partial charge in [-0.05, 0) is 56.5 Å². The molecule has 1 fully saturated rings. The molecule has 0 amide bonds. The predicted molar refractivity (Wildman–Crippen MR) is 122 cm³/mol. The van der Waals surface area contributed by atoms with Gasteiger partial charge in [0.1, 0.15) is 23.1 Å². The second-order valence-electron chi connectivity index (χ2n) is 7.71. The zero-order valence-corrected chi connectivity index (χ0v) is 19.7. The minimum Gasteiger partial charge on any atom is -0.507 e. The summed E-state index contributed by atoms with van der Waals surface area (Å²) in [6, 6.07) is 3.73. The van der Waals surface area contributed by atoms with Gasteiger partial charge in [-0.1, -0.05) is 0 Å². The summed E-state index contributed by atoms with van der Waals surface area (Å²) in [5, 5.41) is 34.8. The zero-order chi connectivity index (χ0) is 26.0. The van der Waals surface area contributed by atoms with Gasteiger partial charge in [0.25, 0.3) is 6.47 Å². The largest absolute Gasteiger partial charge is 0.507 e. The molecule has 2 heterocycles. The lowest BCUT2D eigenvalue weighted by Crippen LogP contribution is -2.38. The third kappa shape index (κ3) is 7.27. The van der Waals surface area contributed by atoms with E-state index in [2.05, 4.69) is 31.6 Å². The first kappa shape index (κ1) is 27.8. The van der Waals surface area contributed by atoms with Gasteiger partial charge in [0.15, 0.2) is 5.82 Å². The van der Waals surface area contributed by atoms with E-state index < -0.39 is 17.5 Å². The highest BCUT2D eigenvalue weighted by Crippen LogP contribution is 2.40. The van der Waals surface area contributed by atoms with Crippen LogP contribution in [0.5, 0.6) is 5.75 Å². The Morgan fingerprint density at radius 1 is 1.37 bits per heavy atom. The number of aromatic hydroxyl groups is 1. The van der Waals surface area contributed by atoms with Gasteiger partial charge < -0.3 is 25.2 Å². The smallest absolute Gasteiger partial charge is 0.416 e. The van der Waals surface area contributed by atoms with Crippen molar-refractivity contribution in [2.75, 3.05) is 32.1 Å². The second kappa shape index (κ2) is 12.9. The number of hydrogen-bond donors (Lipinski definition) is 3. The van der Waals surface area contributed by atoms with Crippen LogP contribution < -0.4 is 10.6 Å². The van der Waals surface area contributed by atoms with Crippen molar-refractivity contribution in [3.05, 3.63) is 34.4 Å².